The molecule has 8 unspecified atom stereocenters. The van der Waals surface area contributed by atoms with E-state index >= 15 is 0 Å². The van der Waals surface area contributed by atoms with Gasteiger partial charge in [0.05, 0.1) is 148 Å². The Balaban J connectivity index is 0.000000150. The van der Waals surface area contributed by atoms with Gasteiger partial charge in [-0.25, -0.2) is 0 Å². The van der Waals surface area contributed by atoms with E-state index in [0.29, 0.717) is 43.2 Å². The van der Waals surface area contributed by atoms with E-state index in [1.807, 2.05) is 41.5 Å². The standard InChI is InChI=1S/C20H24O5.C19H22O4.C15H10O5.C12H10O5.C12H10O4.C11H7ClO4.C11H8O4.C10H5ClO4/c1-9(2)11(4)25-15-8-10(3)7-12-16(15)20(24)18-14(22)6-5-13(21)17(18)19(12)23;1-10-8-12-16(14(9-10)23-19(2,3)4)18(22)15-11(17(12)21)6-5-7-13(15)20;1-20-10-4-2-3-7-11(10)15(19)13-9(17)6-5-8(16)12(13)14(7)18;1-5(13)6-4-9(16)10-7(14)2-3-8(15)11(10)12(6)17;1-2-6-5-9(15)10-7(13)3-4-8(14)11(10)12(6)16;1-4-9(12)11(16)8-6(14)3-2-5(13)7(8)10(4)15;1-5-4-8(14)9-6(12)2-3-7(13)10(9)11(5)15;11-4-3-7(14)8-5(12)1-2-6(13)9(8)10(4)15/h5-6,9,11-12,15-16,21-22H,3,7-8H2,1-2,4H3;5-7,12,14,16,20H,1,8-9H2,2-4H3;2-6,16-17H,1H3;2-5,13-15H,1H3;3-5,13-14H,2H2,1H3;2-3,15-16H,1H3;2-4,12-13H,1H3;1-3,14-15H. The summed E-state index contributed by atoms with van der Waals surface area (Å²) in [4.78, 5) is 193. The lowest BCUT2D eigenvalue weighted by atomic mass is 9.64. The number of carbonyl (C=O) groups excluding carboxylic acids is 16. The van der Waals surface area contributed by atoms with Crippen molar-refractivity contribution in [3.63, 3.8) is 0 Å². The van der Waals surface area contributed by atoms with Gasteiger partial charge in [0, 0.05) is 51.3 Å². The number of aliphatic hydroxyl groups is 1. The zero-order valence-electron chi connectivity index (χ0n) is 80.2. The molecule has 0 heterocycles. The molecule has 2 fully saturated rings. The van der Waals surface area contributed by atoms with Gasteiger partial charge in [-0.2, -0.15) is 0 Å². The largest absolute Gasteiger partial charge is 0.507 e. The number of fused-ring (bicyclic) bond motifs is 11. The van der Waals surface area contributed by atoms with Gasteiger partial charge in [0.2, 0.25) is 5.78 Å². The topological polar surface area (TPSA) is 624 Å². The van der Waals surface area contributed by atoms with Crippen molar-refractivity contribution in [1.29, 1.82) is 0 Å². The number of ketones is 16. The van der Waals surface area contributed by atoms with Gasteiger partial charge in [0.25, 0.3) is 0 Å². The molecular formula is C110H96Cl2O35. The number of ether oxygens (including phenoxy) is 3. The number of halogens is 2. The Hall–Kier alpha value is -16.9. The monoisotopic (exact) mass is 2050 g/mol. The molecule has 0 aromatic heterocycles. The SMILES string of the molecule is C=C1CC(OC(C)(C)C)C2C(=O)c3c(O)cccc3C(=O)C2C1.C=C1CC(OC(C)C(C)C)C2C(=O)c3c(O)ccc(O)c3C(=O)C2C1.CC(O)C1=CC(=O)c2c(O)ccc(O)c2C1=O.CC1=CC(=O)c2c(O)ccc(O)c2C1=O.CCC1=CC(=O)c2c(O)ccc(O)c2C1=O.COc1cccc2c1C(=O)c1c(O)ccc(O)c1C2=O.Cc1c(O)c2c(c(O)c1Cl)C(=O)C=CC2=O.O=C1C=CC(=O)c2c(O)c(Cl)cc(O)c21. The summed E-state index contributed by atoms with van der Waals surface area (Å²) in [5.74, 6) is -13.8. The lowest BCUT2D eigenvalue weighted by Crippen LogP contribution is -2.49. The summed E-state index contributed by atoms with van der Waals surface area (Å²) < 4.78 is 17.3. The quantitative estimate of drug-likeness (QED) is 0.0520. The number of phenolic OH excluding ortho intramolecular Hbond substituents is 15. The number of aromatic hydroxyl groups is 15. The first-order valence-electron chi connectivity index (χ1n) is 45.2. The normalized spacial score (nSPS) is 18.7. The molecule has 2 saturated carbocycles. The minimum absolute atomic E-state index is 0.0707. The third-order valence-corrected chi connectivity index (χ3v) is 26.3. The maximum atomic E-state index is 13.1. The van der Waals surface area contributed by atoms with Gasteiger partial charge in [-0.15, -0.1) is 0 Å². The molecule has 8 atom stereocenters. The number of hydrogen-bond acceptors (Lipinski definition) is 35. The van der Waals surface area contributed by atoms with Crippen LogP contribution in [-0.2, 0) is 9.47 Å². The van der Waals surface area contributed by atoms with Crippen LogP contribution in [0, 0.1) is 36.5 Å². The second kappa shape index (κ2) is 43.0. The third kappa shape index (κ3) is 21.0. The molecule has 35 nitrogen and oxygen atoms in total. The van der Waals surface area contributed by atoms with Crippen LogP contribution in [0.1, 0.15) is 277 Å². The van der Waals surface area contributed by atoms with Crippen molar-refractivity contribution in [3.8, 4) is 92.0 Å². The summed E-state index contributed by atoms with van der Waals surface area (Å²) in [6, 6.07) is 22.2. The van der Waals surface area contributed by atoms with E-state index in [9.17, 15) is 158 Å². The van der Waals surface area contributed by atoms with Crippen molar-refractivity contribution in [3.05, 3.63) is 302 Å². The first kappa shape index (κ1) is 109. The fourth-order valence-corrected chi connectivity index (χ4v) is 18.6. The summed E-state index contributed by atoms with van der Waals surface area (Å²) in [6.07, 6.45) is 7.91. The van der Waals surface area contributed by atoms with Crippen LogP contribution in [0.15, 0.2) is 187 Å². The highest BCUT2D eigenvalue weighted by Gasteiger charge is 2.53. The average molecular weight is 2050 g/mol. The van der Waals surface area contributed by atoms with Crippen LogP contribution in [0.5, 0.6) is 92.0 Å². The van der Waals surface area contributed by atoms with E-state index in [2.05, 4.69) is 13.2 Å². The van der Waals surface area contributed by atoms with Gasteiger partial charge >= 0.3 is 0 Å². The molecule has 9 aromatic carbocycles. The molecule has 0 spiro atoms. The molecule has 0 aliphatic heterocycles. The van der Waals surface area contributed by atoms with Crippen molar-refractivity contribution in [1.82, 2.24) is 0 Å². The maximum absolute atomic E-state index is 13.1. The number of methoxy groups -OCH3 is 1. The summed E-state index contributed by atoms with van der Waals surface area (Å²) in [6.45, 7) is 25.9. The average Bonchev–Trinajstić information content (AvgIpc) is 0.736. The molecule has 147 heavy (non-hydrogen) atoms. The van der Waals surface area contributed by atoms with Crippen LogP contribution >= 0.6 is 23.2 Å². The van der Waals surface area contributed by atoms with Gasteiger partial charge in [-0.1, -0.05) is 92.5 Å². The van der Waals surface area contributed by atoms with Crippen molar-refractivity contribution in [2.45, 2.75) is 131 Å². The third-order valence-electron chi connectivity index (χ3n) is 25.5. The Kier molecular flexibility index (Phi) is 31.8. The smallest absolute Gasteiger partial charge is 0.202 e. The number of hydrogen-bond donors (Lipinski definition) is 16. The van der Waals surface area contributed by atoms with E-state index in [4.69, 9.17) is 37.4 Å². The molecule has 760 valence electrons. The van der Waals surface area contributed by atoms with E-state index in [-0.39, 0.29) is 237 Å². The molecule has 10 aliphatic carbocycles. The van der Waals surface area contributed by atoms with E-state index in [1.54, 1.807) is 31.2 Å². The molecular weight excluding hydrogens is 1950 g/mol. The number of benzene rings is 9. The summed E-state index contributed by atoms with van der Waals surface area (Å²) in [5, 5.41) is 154. The zero-order chi connectivity index (χ0) is 109. The Morgan fingerprint density at radius 2 is 0.748 bits per heavy atom. The lowest BCUT2D eigenvalue weighted by molar-refractivity contribution is -0.0908. The molecule has 0 radical (unpaired) electrons. The number of carbonyl (C=O) groups is 16. The fourth-order valence-electron chi connectivity index (χ4n) is 18.2. The Morgan fingerprint density at radius 1 is 0.374 bits per heavy atom. The van der Waals surface area contributed by atoms with Crippen LogP contribution in [0.3, 0.4) is 0 Å². The minimum atomic E-state index is -1.11. The molecule has 19 rings (SSSR count). The van der Waals surface area contributed by atoms with Crippen molar-refractivity contribution in [2.24, 2.45) is 29.6 Å². The highest BCUT2D eigenvalue weighted by Crippen LogP contribution is 2.52. The van der Waals surface area contributed by atoms with Gasteiger partial charge in [-0.05, 0) is 202 Å². The lowest BCUT2D eigenvalue weighted by Gasteiger charge is -2.42. The van der Waals surface area contributed by atoms with Crippen LogP contribution in [0.4, 0.5) is 0 Å². The number of rotatable bonds is 7. The van der Waals surface area contributed by atoms with Gasteiger partial charge < -0.3 is 95.9 Å². The first-order chi connectivity index (χ1) is 68.9. The number of Topliss-reactive ketones (excluding diaryl/α,β-unsaturated/α-hetero) is 7. The first-order valence-corrected chi connectivity index (χ1v) is 45.9. The van der Waals surface area contributed by atoms with Crippen molar-refractivity contribution in [2.75, 3.05) is 7.11 Å². The second-order valence-corrected chi connectivity index (χ2v) is 37.4. The van der Waals surface area contributed by atoms with Crippen LogP contribution < -0.4 is 4.74 Å². The molecule has 10 aliphatic rings. The Bertz CT molecular complexity index is 7430. The highest BCUT2D eigenvalue weighted by molar-refractivity contribution is 6.37. The van der Waals surface area contributed by atoms with Crippen molar-refractivity contribution >= 4 is 116 Å². The predicted molar refractivity (Wildman–Crippen MR) is 526 cm³/mol. The molecule has 37 heteroatoms. The summed E-state index contributed by atoms with van der Waals surface area (Å²) in [5.41, 5.74) is 0.500. The van der Waals surface area contributed by atoms with Gasteiger partial charge in [0.15, 0.2) is 86.7 Å². The van der Waals surface area contributed by atoms with E-state index in [0.717, 1.165) is 65.8 Å². The number of allylic oxidation sites excluding steroid dienone is 9. The Labute approximate surface area is 846 Å². The Morgan fingerprint density at radius 3 is 1.22 bits per heavy atom. The number of phenols is 15. The number of aliphatic hydroxyl groups excluding tert-OH is 1. The van der Waals surface area contributed by atoms with Crippen LogP contribution in [0.25, 0.3) is 0 Å². The predicted octanol–water partition coefficient (Wildman–Crippen LogP) is 16.6. The van der Waals surface area contributed by atoms with Crippen LogP contribution in [0.2, 0.25) is 10.0 Å². The molecule has 0 bridgehead atoms. The zero-order valence-corrected chi connectivity index (χ0v) is 81.7. The summed E-state index contributed by atoms with van der Waals surface area (Å²) >= 11 is 11.3. The fraction of sp³-hybridized carbons (Fsp3) is 0.236. The van der Waals surface area contributed by atoms with E-state index in [1.165, 1.54) is 94.6 Å². The molecule has 0 amide bonds. The summed E-state index contributed by atoms with van der Waals surface area (Å²) in [7, 11) is 1.39. The molecule has 16 N–H and O–H groups in total. The van der Waals surface area contributed by atoms with E-state index < -0.39 is 128 Å². The van der Waals surface area contributed by atoms with Gasteiger partial charge in [-0.3, -0.25) is 76.7 Å². The van der Waals surface area contributed by atoms with Gasteiger partial charge in [0.1, 0.15) is 92.0 Å². The van der Waals surface area contributed by atoms with Crippen LogP contribution in [-0.4, -0.2) is 211 Å². The second-order valence-electron chi connectivity index (χ2n) is 36.6. The van der Waals surface area contributed by atoms with Crippen molar-refractivity contribution < 1.29 is 173 Å². The molecule has 0 saturated heterocycles. The molecule has 9 aromatic rings. The minimum Gasteiger partial charge on any atom is -0.507 e. The maximum Gasteiger partial charge on any atom is 0.202 e. The highest BCUT2D eigenvalue weighted by atomic mass is 35.5.